The maximum absolute atomic E-state index is 12.6. The Morgan fingerprint density at radius 3 is 3.04 bits per heavy atom. The van der Waals surface area contributed by atoms with Crippen molar-refractivity contribution in [2.24, 2.45) is 0 Å². The summed E-state index contributed by atoms with van der Waals surface area (Å²) in [5.74, 6) is 0.534. The highest BCUT2D eigenvalue weighted by Crippen LogP contribution is 2.33. The number of nitrogens with one attached hydrogen (secondary N) is 1. The normalized spacial score (nSPS) is 17.0. The number of fused-ring (bicyclic) bond motifs is 1. The van der Waals surface area contributed by atoms with Gasteiger partial charge in [-0.2, -0.15) is 0 Å². The van der Waals surface area contributed by atoms with Gasteiger partial charge in [0, 0.05) is 17.9 Å². The number of hydrogen-bond donors (Lipinski definition) is 1. The third-order valence-electron chi connectivity index (χ3n) is 4.34. The highest BCUT2D eigenvalue weighted by Gasteiger charge is 2.18. The van der Waals surface area contributed by atoms with Gasteiger partial charge in [-0.15, -0.1) is 21.5 Å². The molecule has 136 valence electrons. The molecule has 0 aliphatic carbocycles. The van der Waals surface area contributed by atoms with E-state index in [2.05, 4.69) is 27.6 Å². The molecule has 0 radical (unpaired) electrons. The lowest BCUT2D eigenvalue weighted by Gasteiger charge is -2.08. The maximum atomic E-state index is 12.6. The molecule has 5 nitrogen and oxygen atoms in total. The Bertz CT molecular complexity index is 915. The smallest absolute Gasteiger partial charge is 0.206 e. The van der Waals surface area contributed by atoms with Crippen molar-refractivity contribution >= 4 is 55.4 Å². The maximum Gasteiger partial charge on any atom is 0.206 e. The van der Waals surface area contributed by atoms with Crippen LogP contribution in [0.3, 0.4) is 0 Å². The molecular weight excluding hydrogens is 386 g/mol. The largest absolute Gasteiger partial charge is 0.376 e. The van der Waals surface area contributed by atoms with Gasteiger partial charge in [-0.3, -0.25) is 4.79 Å². The summed E-state index contributed by atoms with van der Waals surface area (Å²) in [6.07, 6.45) is 2.49. The highest BCUT2D eigenvalue weighted by atomic mass is 32.2. The highest BCUT2D eigenvalue weighted by molar-refractivity contribution is 8.01. The molecule has 0 saturated carbocycles. The summed E-state index contributed by atoms with van der Waals surface area (Å²) in [6.45, 7) is 3.64. The number of ketones is 1. The van der Waals surface area contributed by atoms with E-state index < -0.39 is 0 Å². The van der Waals surface area contributed by atoms with Crippen molar-refractivity contribution in [2.75, 3.05) is 24.2 Å². The molecule has 2 aromatic heterocycles. The van der Waals surface area contributed by atoms with Gasteiger partial charge in [0.05, 0.1) is 16.7 Å². The standard InChI is InChI=1S/C18H19N3O2S3/c1-11-13-6-2-3-7-15(13)25-16(11)14(22)10-24-18-21-20-17(26-18)19-9-12-5-4-8-23-12/h2-3,6-7,12H,4-5,8-10H2,1H3,(H,19,20). The van der Waals surface area contributed by atoms with Crippen LogP contribution in [0.15, 0.2) is 28.6 Å². The number of Topliss-reactive ketones (excluding diaryl/α,β-unsaturated/α-hetero) is 1. The van der Waals surface area contributed by atoms with E-state index in [1.165, 1.54) is 28.5 Å². The first kappa shape index (κ1) is 17.9. The van der Waals surface area contributed by atoms with Crippen LogP contribution in [0, 0.1) is 6.92 Å². The van der Waals surface area contributed by atoms with Crippen molar-refractivity contribution in [3.05, 3.63) is 34.7 Å². The summed E-state index contributed by atoms with van der Waals surface area (Å²) < 4.78 is 7.56. The lowest BCUT2D eigenvalue weighted by atomic mass is 10.1. The van der Waals surface area contributed by atoms with Crippen LogP contribution in [0.1, 0.15) is 28.1 Å². The van der Waals surface area contributed by atoms with Crippen molar-refractivity contribution in [1.82, 2.24) is 10.2 Å². The summed E-state index contributed by atoms with van der Waals surface area (Å²) in [5, 5.41) is 13.6. The van der Waals surface area contributed by atoms with Gasteiger partial charge in [0.1, 0.15) is 0 Å². The molecular formula is C18H19N3O2S3. The molecule has 1 saturated heterocycles. The second kappa shape index (κ2) is 8.04. The third kappa shape index (κ3) is 3.93. The number of anilines is 1. The van der Waals surface area contributed by atoms with Gasteiger partial charge in [-0.1, -0.05) is 41.3 Å². The predicted octanol–water partition coefficient (Wildman–Crippen LogP) is 4.63. The minimum Gasteiger partial charge on any atom is -0.376 e. The zero-order chi connectivity index (χ0) is 17.9. The zero-order valence-electron chi connectivity index (χ0n) is 14.4. The van der Waals surface area contributed by atoms with Crippen LogP contribution in [0.4, 0.5) is 5.13 Å². The molecule has 3 aromatic rings. The first-order chi connectivity index (χ1) is 12.7. The zero-order valence-corrected chi connectivity index (χ0v) is 16.8. The summed E-state index contributed by atoms with van der Waals surface area (Å²) in [4.78, 5) is 13.5. The Morgan fingerprint density at radius 2 is 2.23 bits per heavy atom. The molecule has 1 aliphatic rings. The minimum atomic E-state index is 0.151. The Balaban J connectivity index is 1.34. The Labute approximate surface area is 164 Å². The van der Waals surface area contributed by atoms with Crippen molar-refractivity contribution in [3.8, 4) is 0 Å². The number of hydrogen-bond acceptors (Lipinski definition) is 8. The Morgan fingerprint density at radius 1 is 1.35 bits per heavy atom. The minimum absolute atomic E-state index is 0.151. The molecule has 0 spiro atoms. The van der Waals surface area contributed by atoms with E-state index in [9.17, 15) is 4.79 Å². The average Bonchev–Trinajstić information content (AvgIpc) is 3.39. The SMILES string of the molecule is Cc1c(C(=O)CSc2nnc(NCC3CCCO3)s2)sc2ccccc12. The first-order valence-corrected chi connectivity index (χ1v) is 11.2. The van der Waals surface area contributed by atoms with E-state index in [4.69, 9.17) is 4.74 Å². The molecule has 1 atom stereocenters. The quantitative estimate of drug-likeness (QED) is 0.457. The Hall–Kier alpha value is -1.48. The molecule has 0 bridgehead atoms. The third-order valence-corrected chi connectivity index (χ3v) is 7.66. The molecule has 1 aliphatic heterocycles. The van der Waals surface area contributed by atoms with Crippen LogP contribution in [-0.2, 0) is 4.74 Å². The van der Waals surface area contributed by atoms with Crippen molar-refractivity contribution in [2.45, 2.75) is 30.2 Å². The van der Waals surface area contributed by atoms with Crippen LogP contribution in [0.25, 0.3) is 10.1 Å². The monoisotopic (exact) mass is 405 g/mol. The van der Waals surface area contributed by atoms with Crippen LogP contribution >= 0.6 is 34.4 Å². The summed E-state index contributed by atoms with van der Waals surface area (Å²) >= 11 is 4.51. The van der Waals surface area contributed by atoms with Crippen LogP contribution in [0.2, 0.25) is 0 Å². The number of thioether (sulfide) groups is 1. The molecule has 0 amide bonds. The number of benzene rings is 1. The fraction of sp³-hybridized carbons (Fsp3) is 0.389. The molecule has 3 heterocycles. The predicted molar refractivity (Wildman–Crippen MR) is 109 cm³/mol. The van der Waals surface area contributed by atoms with Gasteiger partial charge in [-0.25, -0.2) is 0 Å². The van der Waals surface area contributed by atoms with Gasteiger partial charge in [0.15, 0.2) is 10.1 Å². The van der Waals surface area contributed by atoms with Crippen molar-refractivity contribution in [3.63, 3.8) is 0 Å². The average molecular weight is 406 g/mol. The lowest BCUT2D eigenvalue weighted by Crippen LogP contribution is -2.18. The van der Waals surface area contributed by atoms with Crippen molar-refractivity contribution < 1.29 is 9.53 Å². The van der Waals surface area contributed by atoms with Crippen LogP contribution in [-0.4, -0.2) is 41.0 Å². The van der Waals surface area contributed by atoms with E-state index in [1.807, 2.05) is 19.1 Å². The number of thiophene rings is 1. The molecule has 1 aromatic carbocycles. The number of rotatable bonds is 7. The second-order valence-electron chi connectivity index (χ2n) is 6.15. The summed E-state index contributed by atoms with van der Waals surface area (Å²) in [6, 6.07) is 8.15. The number of ether oxygens (including phenoxy) is 1. The lowest BCUT2D eigenvalue weighted by molar-refractivity contribution is 0.102. The molecule has 8 heteroatoms. The first-order valence-electron chi connectivity index (χ1n) is 8.54. The number of carbonyl (C=O) groups excluding carboxylic acids is 1. The number of aryl methyl sites for hydroxylation is 1. The molecule has 1 N–H and O–H groups in total. The number of carbonyl (C=O) groups is 1. The van der Waals surface area contributed by atoms with Crippen LogP contribution in [0.5, 0.6) is 0 Å². The molecule has 26 heavy (non-hydrogen) atoms. The fourth-order valence-electron chi connectivity index (χ4n) is 2.98. The van der Waals surface area contributed by atoms with Gasteiger partial charge < -0.3 is 10.1 Å². The van der Waals surface area contributed by atoms with Gasteiger partial charge >= 0.3 is 0 Å². The summed E-state index contributed by atoms with van der Waals surface area (Å²) in [5.41, 5.74) is 1.08. The molecule has 4 rings (SSSR count). The molecule has 1 unspecified atom stereocenters. The van der Waals surface area contributed by atoms with Gasteiger partial charge in [0.25, 0.3) is 0 Å². The van der Waals surface area contributed by atoms with E-state index in [1.54, 1.807) is 11.3 Å². The fourth-order valence-corrected chi connectivity index (χ4v) is 5.85. The van der Waals surface area contributed by atoms with E-state index in [0.29, 0.717) is 5.75 Å². The molecule has 1 fully saturated rings. The van der Waals surface area contributed by atoms with E-state index in [0.717, 1.165) is 50.6 Å². The van der Waals surface area contributed by atoms with E-state index in [-0.39, 0.29) is 11.9 Å². The second-order valence-corrected chi connectivity index (χ2v) is 9.41. The van der Waals surface area contributed by atoms with E-state index >= 15 is 0 Å². The topological polar surface area (TPSA) is 64.1 Å². The van der Waals surface area contributed by atoms with Gasteiger partial charge in [-0.05, 0) is 36.8 Å². The van der Waals surface area contributed by atoms with Gasteiger partial charge in [0.2, 0.25) is 5.13 Å². The number of aromatic nitrogens is 2. The summed E-state index contributed by atoms with van der Waals surface area (Å²) in [7, 11) is 0. The van der Waals surface area contributed by atoms with Crippen LogP contribution < -0.4 is 5.32 Å². The Kier molecular flexibility index (Phi) is 5.54. The van der Waals surface area contributed by atoms with Crippen molar-refractivity contribution in [1.29, 1.82) is 0 Å². The number of nitrogens with zero attached hydrogens (tertiary/aromatic N) is 2.